The molecule has 14 heavy (non-hydrogen) atoms. The van der Waals surface area contributed by atoms with Crippen molar-refractivity contribution in [2.45, 2.75) is 13.8 Å². The molecule has 70 valence electrons. The van der Waals surface area contributed by atoms with Gasteiger partial charge in [0.2, 0.25) is 0 Å². The Labute approximate surface area is 82.8 Å². The number of nitrogens with zero attached hydrogens (tertiary/aromatic N) is 3. The van der Waals surface area contributed by atoms with Crippen molar-refractivity contribution >= 4 is 0 Å². The van der Waals surface area contributed by atoms with E-state index < -0.39 is 0 Å². The topological polar surface area (TPSA) is 38.7 Å². The van der Waals surface area contributed by atoms with Crippen molar-refractivity contribution in [3.63, 3.8) is 0 Å². The first-order valence-corrected chi connectivity index (χ1v) is 4.47. The Balaban J connectivity index is 2.53. The highest BCUT2D eigenvalue weighted by atomic mass is 15.1. The zero-order valence-corrected chi connectivity index (χ0v) is 8.23. The molecule has 1 aromatic heterocycles. The van der Waals surface area contributed by atoms with Crippen LogP contribution in [0.1, 0.15) is 11.1 Å². The third kappa shape index (κ3) is 1.62. The molecule has 0 spiro atoms. The molecule has 0 aliphatic heterocycles. The average molecular weight is 185 g/mol. The third-order valence-corrected chi connectivity index (χ3v) is 2.14. The lowest BCUT2D eigenvalue weighted by molar-refractivity contribution is 0.975. The van der Waals surface area contributed by atoms with Gasteiger partial charge in [0, 0.05) is 5.56 Å². The second-order valence-corrected chi connectivity index (χ2v) is 3.31. The summed E-state index contributed by atoms with van der Waals surface area (Å²) in [7, 11) is 0. The summed E-state index contributed by atoms with van der Waals surface area (Å²) < 4.78 is 0. The van der Waals surface area contributed by atoms with Gasteiger partial charge in [-0.15, -0.1) is 10.2 Å². The Morgan fingerprint density at radius 2 is 2.00 bits per heavy atom. The zero-order valence-electron chi connectivity index (χ0n) is 8.23. The van der Waals surface area contributed by atoms with Crippen LogP contribution >= 0.6 is 0 Å². The van der Waals surface area contributed by atoms with Crippen molar-refractivity contribution in [3.8, 4) is 11.3 Å². The summed E-state index contributed by atoms with van der Waals surface area (Å²) in [6.07, 6.45) is 3.16. The van der Waals surface area contributed by atoms with Crippen molar-refractivity contribution in [1.82, 2.24) is 15.2 Å². The van der Waals surface area contributed by atoms with E-state index in [1.165, 1.54) is 17.5 Å². The molecule has 3 heteroatoms. The highest BCUT2D eigenvalue weighted by Gasteiger charge is 2.02. The predicted octanol–water partition coefficient (Wildman–Crippen LogP) is 2.16. The standard InChI is InChI=1S/C11H11N3/c1-8-3-4-10(9(2)5-8)11-6-12-7-13-14-11/h3-7H,1-2H3. The number of hydrogen-bond donors (Lipinski definition) is 0. The fraction of sp³-hybridized carbons (Fsp3) is 0.182. The fourth-order valence-electron chi connectivity index (χ4n) is 1.47. The Morgan fingerprint density at radius 3 is 2.64 bits per heavy atom. The largest absolute Gasteiger partial charge is 0.241 e. The normalized spacial score (nSPS) is 10.1. The lowest BCUT2D eigenvalue weighted by Gasteiger charge is -2.04. The molecule has 2 rings (SSSR count). The van der Waals surface area contributed by atoms with Crippen LogP contribution in [-0.4, -0.2) is 15.2 Å². The highest BCUT2D eigenvalue weighted by Crippen LogP contribution is 2.20. The van der Waals surface area contributed by atoms with Gasteiger partial charge in [-0.25, -0.2) is 4.98 Å². The van der Waals surface area contributed by atoms with Gasteiger partial charge in [-0.3, -0.25) is 0 Å². The molecule has 2 aromatic rings. The summed E-state index contributed by atoms with van der Waals surface area (Å²) in [5.41, 5.74) is 4.37. The lowest BCUT2D eigenvalue weighted by atomic mass is 10.0. The van der Waals surface area contributed by atoms with Gasteiger partial charge >= 0.3 is 0 Å². The maximum atomic E-state index is 4.03. The predicted molar refractivity (Wildman–Crippen MR) is 54.7 cm³/mol. The van der Waals surface area contributed by atoms with E-state index in [1.807, 2.05) is 0 Å². The van der Waals surface area contributed by atoms with E-state index in [4.69, 9.17) is 0 Å². The van der Waals surface area contributed by atoms with Gasteiger partial charge in [-0.1, -0.05) is 23.8 Å². The third-order valence-electron chi connectivity index (χ3n) is 2.14. The van der Waals surface area contributed by atoms with E-state index in [-0.39, 0.29) is 0 Å². The molecule has 0 bridgehead atoms. The molecule has 0 saturated heterocycles. The van der Waals surface area contributed by atoms with Crippen molar-refractivity contribution in [3.05, 3.63) is 41.9 Å². The molecular weight excluding hydrogens is 174 g/mol. The zero-order chi connectivity index (χ0) is 9.97. The Kier molecular flexibility index (Phi) is 2.23. The molecule has 0 radical (unpaired) electrons. The summed E-state index contributed by atoms with van der Waals surface area (Å²) in [5.74, 6) is 0. The SMILES string of the molecule is Cc1ccc(-c2cncnn2)c(C)c1. The van der Waals surface area contributed by atoms with Crippen LogP contribution in [0.15, 0.2) is 30.7 Å². The van der Waals surface area contributed by atoms with Crippen LogP contribution in [0.25, 0.3) is 11.3 Å². The van der Waals surface area contributed by atoms with Crippen LogP contribution in [0.4, 0.5) is 0 Å². The number of aromatic nitrogens is 3. The summed E-state index contributed by atoms with van der Waals surface area (Å²) in [4.78, 5) is 3.95. The van der Waals surface area contributed by atoms with E-state index in [9.17, 15) is 0 Å². The molecule has 3 nitrogen and oxygen atoms in total. The maximum Gasteiger partial charge on any atom is 0.138 e. The quantitative estimate of drug-likeness (QED) is 0.683. The van der Waals surface area contributed by atoms with Crippen LogP contribution in [0.2, 0.25) is 0 Å². The van der Waals surface area contributed by atoms with Crippen molar-refractivity contribution in [1.29, 1.82) is 0 Å². The van der Waals surface area contributed by atoms with E-state index in [1.54, 1.807) is 6.20 Å². The van der Waals surface area contributed by atoms with E-state index in [2.05, 4.69) is 47.2 Å². The van der Waals surface area contributed by atoms with Gasteiger partial charge in [0.25, 0.3) is 0 Å². The average Bonchev–Trinajstić information content (AvgIpc) is 2.19. The first kappa shape index (κ1) is 8.81. The van der Waals surface area contributed by atoms with Crippen molar-refractivity contribution in [2.24, 2.45) is 0 Å². The van der Waals surface area contributed by atoms with Crippen LogP contribution in [0, 0.1) is 13.8 Å². The van der Waals surface area contributed by atoms with Gasteiger partial charge in [-0.05, 0) is 19.4 Å². The highest BCUT2D eigenvalue weighted by molar-refractivity contribution is 5.62. The van der Waals surface area contributed by atoms with E-state index >= 15 is 0 Å². The minimum absolute atomic E-state index is 0.824. The Hall–Kier alpha value is -1.77. The van der Waals surface area contributed by atoms with Gasteiger partial charge < -0.3 is 0 Å². The molecule has 0 unspecified atom stereocenters. The molecule has 0 amide bonds. The van der Waals surface area contributed by atoms with Gasteiger partial charge in [0.05, 0.1) is 6.20 Å². The van der Waals surface area contributed by atoms with Crippen molar-refractivity contribution < 1.29 is 0 Å². The van der Waals surface area contributed by atoms with Gasteiger partial charge in [0.1, 0.15) is 12.0 Å². The molecule has 0 fully saturated rings. The second-order valence-electron chi connectivity index (χ2n) is 3.31. The van der Waals surface area contributed by atoms with Crippen LogP contribution in [-0.2, 0) is 0 Å². The van der Waals surface area contributed by atoms with E-state index in [0.29, 0.717) is 0 Å². The Morgan fingerprint density at radius 1 is 1.14 bits per heavy atom. The maximum absolute atomic E-state index is 4.03. The van der Waals surface area contributed by atoms with Crippen LogP contribution < -0.4 is 0 Å². The second kappa shape index (κ2) is 3.54. The lowest BCUT2D eigenvalue weighted by Crippen LogP contribution is -1.91. The minimum atomic E-state index is 0.824. The number of aryl methyl sites for hydroxylation is 2. The first-order chi connectivity index (χ1) is 6.77. The number of benzene rings is 1. The van der Waals surface area contributed by atoms with Gasteiger partial charge in [-0.2, -0.15) is 0 Å². The minimum Gasteiger partial charge on any atom is -0.241 e. The molecule has 0 aliphatic carbocycles. The van der Waals surface area contributed by atoms with Crippen LogP contribution in [0.5, 0.6) is 0 Å². The molecule has 0 N–H and O–H groups in total. The summed E-state index contributed by atoms with van der Waals surface area (Å²) in [6, 6.07) is 6.25. The molecule has 1 heterocycles. The summed E-state index contributed by atoms with van der Waals surface area (Å²) in [6.45, 7) is 4.14. The summed E-state index contributed by atoms with van der Waals surface area (Å²) in [5, 5.41) is 7.79. The Bertz CT molecular complexity index is 438. The number of hydrogen-bond acceptors (Lipinski definition) is 3. The van der Waals surface area contributed by atoms with E-state index in [0.717, 1.165) is 11.3 Å². The monoisotopic (exact) mass is 185 g/mol. The van der Waals surface area contributed by atoms with Gasteiger partial charge in [0.15, 0.2) is 0 Å². The fourth-order valence-corrected chi connectivity index (χ4v) is 1.47. The van der Waals surface area contributed by atoms with Crippen LogP contribution in [0.3, 0.4) is 0 Å². The smallest absolute Gasteiger partial charge is 0.138 e. The summed E-state index contributed by atoms with van der Waals surface area (Å²) >= 11 is 0. The molecule has 1 aromatic carbocycles. The number of rotatable bonds is 1. The molecule has 0 saturated carbocycles. The molecule has 0 aliphatic rings. The van der Waals surface area contributed by atoms with Crippen molar-refractivity contribution in [2.75, 3.05) is 0 Å². The molecular formula is C11H11N3. The first-order valence-electron chi connectivity index (χ1n) is 4.47. The molecule has 0 atom stereocenters.